The molecule has 0 amide bonds. The number of ether oxygens (including phenoxy) is 2. The van der Waals surface area contributed by atoms with Gasteiger partial charge in [0.1, 0.15) is 18.2 Å². The fourth-order valence-corrected chi connectivity index (χ4v) is 3.18. The highest BCUT2D eigenvalue weighted by atomic mass is 19.1. The van der Waals surface area contributed by atoms with Crippen LogP contribution in [-0.4, -0.2) is 50.4 Å². The summed E-state index contributed by atoms with van der Waals surface area (Å²) in [6.07, 6.45) is 0.246. The highest BCUT2D eigenvalue weighted by Gasteiger charge is 2.35. The van der Waals surface area contributed by atoms with Crippen molar-refractivity contribution in [2.75, 3.05) is 33.4 Å². The predicted molar refractivity (Wildman–Crippen MR) is 74.5 cm³/mol. The fourth-order valence-electron chi connectivity index (χ4n) is 3.18. The number of rotatable bonds is 2. The molecular weight excluding hydrogens is 259 g/mol. The molecule has 3 rings (SSSR count). The summed E-state index contributed by atoms with van der Waals surface area (Å²) in [6.45, 7) is 5.24. The lowest BCUT2D eigenvalue weighted by Crippen LogP contribution is -2.54. The summed E-state index contributed by atoms with van der Waals surface area (Å²) >= 11 is 0. The number of hydrogen-bond donors (Lipinski definition) is 1. The number of nitrogens with zero attached hydrogens (tertiary/aromatic N) is 1. The molecule has 20 heavy (non-hydrogen) atoms. The molecular formula is C15H21FN2O2. The van der Waals surface area contributed by atoms with E-state index in [4.69, 9.17) is 9.47 Å². The van der Waals surface area contributed by atoms with Gasteiger partial charge in [0.15, 0.2) is 0 Å². The normalized spacial score (nSPS) is 30.6. The molecule has 0 unspecified atom stereocenters. The van der Waals surface area contributed by atoms with E-state index in [1.54, 1.807) is 0 Å². The van der Waals surface area contributed by atoms with Gasteiger partial charge in [0.05, 0.1) is 24.8 Å². The van der Waals surface area contributed by atoms with Gasteiger partial charge in [-0.15, -0.1) is 0 Å². The molecule has 1 aromatic carbocycles. The smallest absolute Gasteiger partial charge is 0.127 e. The SMILES string of the molecule is CN[C@H]1c2ccc(F)cc2OC[C@@H]1N1CCO[C@H](C)C1. The molecule has 3 atom stereocenters. The lowest BCUT2D eigenvalue weighted by molar-refractivity contribution is -0.0500. The molecule has 2 heterocycles. The zero-order valence-electron chi connectivity index (χ0n) is 11.9. The molecule has 2 aliphatic rings. The monoisotopic (exact) mass is 280 g/mol. The van der Waals surface area contributed by atoms with Crippen LogP contribution in [0, 0.1) is 5.82 Å². The van der Waals surface area contributed by atoms with E-state index >= 15 is 0 Å². The highest BCUT2D eigenvalue weighted by Crippen LogP contribution is 2.35. The predicted octanol–water partition coefficient (Wildman–Crippen LogP) is 1.57. The zero-order chi connectivity index (χ0) is 14.1. The second-order valence-electron chi connectivity index (χ2n) is 5.50. The van der Waals surface area contributed by atoms with E-state index in [9.17, 15) is 4.39 Å². The number of halogens is 1. The molecule has 4 nitrogen and oxygen atoms in total. The Hall–Kier alpha value is -1.17. The summed E-state index contributed by atoms with van der Waals surface area (Å²) in [5.74, 6) is 0.402. The van der Waals surface area contributed by atoms with Gasteiger partial charge in [0.25, 0.3) is 0 Å². The Morgan fingerprint density at radius 1 is 1.40 bits per heavy atom. The molecule has 0 radical (unpaired) electrons. The first-order valence-electron chi connectivity index (χ1n) is 7.14. The van der Waals surface area contributed by atoms with Crippen molar-refractivity contribution in [1.29, 1.82) is 0 Å². The van der Waals surface area contributed by atoms with E-state index in [0.29, 0.717) is 12.4 Å². The minimum atomic E-state index is -0.253. The number of likely N-dealkylation sites (N-methyl/N-ethyl adjacent to an activating group) is 1. The fraction of sp³-hybridized carbons (Fsp3) is 0.600. The molecule has 1 aromatic rings. The minimum absolute atomic E-state index is 0.157. The molecule has 110 valence electrons. The van der Waals surface area contributed by atoms with Gasteiger partial charge in [0.2, 0.25) is 0 Å². The summed E-state index contributed by atoms with van der Waals surface area (Å²) in [7, 11) is 1.94. The zero-order valence-corrected chi connectivity index (χ0v) is 11.9. The molecule has 0 saturated carbocycles. The van der Waals surface area contributed by atoms with E-state index in [1.807, 2.05) is 13.1 Å². The van der Waals surface area contributed by atoms with Crippen LogP contribution in [0.5, 0.6) is 5.75 Å². The average Bonchev–Trinajstić information content (AvgIpc) is 2.45. The Morgan fingerprint density at radius 3 is 3.00 bits per heavy atom. The molecule has 0 spiro atoms. The third kappa shape index (κ3) is 2.53. The van der Waals surface area contributed by atoms with Gasteiger partial charge in [-0.25, -0.2) is 4.39 Å². The molecule has 1 fully saturated rings. The first kappa shape index (κ1) is 13.8. The molecule has 5 heteroatoms. The molecule has 1 saturated heterocycles. The maximum atomic E-state index is 13.3. The van der Waals surface area contributed by atoms with Crippen LogP contribution in [0.1, 0.15) is 18.5 Å². The van der Waals surface area contributed by atoms with Crippen LogP contribution in [0.25, 0.3) is 0 Å². The Labute approximate surface area is 118 Å². The van der Waals surface area contributed by atoms with Crippen molar-refractivity contribution in [2.24, 2.45) is 0 Å². The van der Waals surface area contributed by atoms with Crippen molar-refractivity contribution in [1.82, 2.24) is 10.2 Å². The van der Waals surface area contributed by atoms with Gasteiger partial charge in [-0.1, -0.05) is 6.07 Å². The van der Waals surface area contributed by atoms with E-state index in [-0.39, 0.29) is 24.0 Å². The lowest BCUT2D eigenvalue weighted by Gasteiger charge is -2.43. The van der Waals surface area contributed by atoms with Crippen molar-refractivity contribution >= 4 is 0 Å². The highest BCUT2D eigenvalue weighted by molar-refractivity contribution is 5.39. The van der Waals surface area contributed by atoms with Gasteiger partial charge < -0.3 is 14.8 Å². The van der Waals surface area contributed by atoms with Gasteiger partial charge in [-0.3, -0.25) is 4.90 Å². The molecule has 0 bridgehead atoms. The summed E-state index contributed by atoms with van der Waals surface area (Å²) in [5, 5.41) is 3.36. The van der Waals surface area contributed by atoms with Crippen LogP contribution in [0.3, 0.4) is 0 Å². The van der Waals surface area contributed by atoms with Crippen molar-refractivity contribution in [3.05, 3.63) is 29.6 Å². The van der Waals surface area contributed by atoms with Crippen molar-refractivity contribution in [2.45, 2.75) is 25.1 Å². The second-order valence-corrected chi connectivity index (χ2v) is 5.50. The number of hydrogen-bond acceptors (Lipinski definition) is 4. The quantitative estimate of drug-likeness (QED) is 0.891. The molecule has 2 aliphatic heterocycles. The largest absolute Gasteiger partial charge is 0.491 e. The van der Waals surface area contributed by atoms with Crippen LogP contribution >= 0.6 is 0 Å². The number of morpholine rings is 1. The number of benzene rings is 1. The van der Waals surface area contributed by atoms with Gasteiger partial charge >= 0.3 is 0 Å². The number of fused-ring (bicyclic) bond motifs is 1. The van der Waals surface area contributed by atoms with E-state index in [0.717, 1.165) is 25.3 Å². The Balaban J connectivity index is 1.85. The summed E-state index contributed by atoms with van der Waals surface area (Å²) in [4.78, 5) is 2.40. The third-order valence-corrected chi connectivity index (χ3v) is 4.16. The van der Waals surface area contributed by atoms with Crippen molar-refractivity contribution < 1.29 is 13.9 Å². The van der Waals surface area contributed by atoms with Crippen molar-refractivity contribution in [3.8, 4) is 5.75 Å². The first-order valence-corrected chi connectivity index (χ1v) is 7.14. The second kappa shape index (κ2) is 5.68. The lowest BCUT2D eigenvalue weighted by atomic mass is 9.94. The van der Waals surface area contributed by atoms with Crippen LogP contribution in [0.15, 0.2) is 18.2 Å². The van der Waals surface area contributed by atoms with Gasteiger partial charge in [-0.05, 0) is 20.0 Å². The summed E-state index contributed by atoms with van der Waals surface area (Å²) in [5.41, 5.74) is 1.03. The molecule has 1 N–H and O–H groups in total. The van der Waals surface area contributed by atoms with Crippen molar-refractivity contribution in [3.63, 3.8) is 0 Å². The van der Waals surface area contributed by atoms with E-state index < -0.39 is 0 Å². The minimum Gasteiger partial charge on any atom is -0.491 e. The summed E-state index contributed by atoms with van der Waals surface area (Å²) in [6, 6.07) is 5.20. The molecule has 0 aromatic heterocycles. The first-order chi connectivity index (χ1) is 9.69. The van der Waals surface area contributed by atoms with Crippen LogP contribution in [0.2, 0.25) is 0 Å². The maximum absolute atomic E-state index is 13.3. The topological polar surface area (TPSA) is 33.7 Å². The van der Waals surface area contributed by atoms with Crippen LogP contribution < -0.4 is 10.1 Å². The third-order valence-electron chi connectivity index (χ3n) is 4.16. The van der Waals surface area contributed by atoms with E-state index in [2.05, 4.69) is 17.1 Å². The number of nitrogens with one attached hydrogen (secondary N) is 1. The maximum Gasteiger partial charge on any atom is 0.127 e. The van der Waals surface area contributed by atoms with Gasteiger partial charge in [0, 0.05) is 24.7 Å². The van der Waals surface area contributed by atoms with Crippen LogP contribution in [0.4, 0.5) is 4.39 Å². The Bertz CT molecular complexity index is 483. The molecule has 0 aliphatic carbocycles. The Morgan fingerprint density at radius 2 is 2.25 bits per heavy atom. The average molecular weight is 280 g/mol. The summed E-state index contributed by atoms with van der Waals surface area (Å²) < 4.78 is 24.7. The standard InChI is InChI=1S/C15H21FN2O2/c1-10-8-18(5-6-19-10)13-9-20-14-7-11(16)3-4-12(14)15(13)17-2/h3-4,7,10,13,15,17H,5-6,8-9H2,1-2H3/t10-,13+,15+/m1/s1. The van der Waals surface area contributed by atoms with Gasteiger partial charge in [-0.2, -0.15) is 0 Å². The Kier molecular flexibility index (Phi) is 3.92. The van der Waals surface area contributed by atoms with Crippen LogP contribution in [-0.2, 0) is 4.74 Å². The van der Waals surface area contributed by atoms with E-state index in [1.165, 1.54) is 12.1 Å².